The third-order valence-electron chi connectivity index (χ3n) is 3.84. The molecule has 1 aliphatic heterocycles. The lowest BCUT2D eigenvalue weighted by Gasteiger charge is -2.19. The summed E-state index contributed by atoms with van der Waals surface area (Å²) in [5, 5.41) is 9.50. The van der Waals surface area contributed by atoms with E-state index in [-0.39, 0.29) is 17.2 Å². The first-order chi connectivity index (χ1) is 9.62. The number of ether oxygens (including phenoxy) is 1. The van der Waals surface area contributed by atoms with Gasteiger partial charge in [-0.1, -0.05) is 0 Å². The molecule has 0 radical (unpaired) electrons. The number of nitrogens with one attached hydrogen (secondary N) is 3. The number of hydrogen-bond donors (Lipinski definition) is 3. The van der Waals surface area contributed by atoms with Gasteiger partial charge in [-0.2, -0.15) is 5.10 Å². The van der Waals surface area contributed by atoms with Crippen molar-refractivity contribution in [3.05, 3.63) is 11.8 Å². The maximum atomic E-state index is 12.5. The number of hydrogen-bond acceptors (Lipinski definition) is 5. The Labute approximate surface area is 118 Å². The molecular weight excluding hydrogens is 280 g/mol. The first-order valence-electron chi connectivity index (χ1n) is 6.92. The molecule has 1 saturated carbocycles. The number of aromatic amines is 1. The fraction of sp³-hybridized carbons (Fsp3) is 0.750. The average Bonchev–Trinajstić information content (AvgIpc) is 2.95. The minimum atomic E-state index is -3.58. The molecule has 0 aromatic carbocycles. The molecule has 3 rings (SSSR count). The molecule has 20 heavy (non-hydrogen) atoms. The number of aromatic nitrogens is 2. The van der Waals surface area contributed by atoms with Gasteiger partial charge in [-0.3, -0.25) is 5.10 Å². The Bertz CT molecular complexity index is 567. The Balaban J connectivity index is 1.76. The van der Waals surface area contributed by atoms with Crippen LogP contribution in [0.2, 0.25) is 0 Å². The molecule has 0 amide bonds. The lowest BCUT2D eigenvalue weighted by molar-refractivity contribution is 0.0848. The van der Waals surface area contributed by atoms with Crippen LogP contribution in [0.5, 0.6) is 0 Å². The predicted octanol–water partition coefficient (Wildman–Crippen LogP) is -0.0251. The van der Waals surface area contributed by atoms with Crippen LogP contribution >= 0.6 is 0 Å². The minimum absolute atomic E-state index is 0.0282. The van der Waals surface area contributed by atoms with Crippen LogP contribution in [-0.4, -0.2) is 44.4 Å². The number of H-pyrrole nitrogens is 1. The van der Waals surface area contributed by atoms with E-state index in [1.54, 1.807) is 7.05 Å². The topological polar surface area (TPSA) is 96.1 Å². The summed E-state index contributed by atoms with van der Waals surface area (Å²) in [6, 6.07) is -0.127. The van der Waals surface area contributed by atoms with Gasteiger partial charge in [-0.05, 0) is 32.2 Å². The summed E-state index contributed by atoms with van der Waals surface area (Å²) in [6.07, 6.45) is 4.57. The van der Waals surface area contributed by atoms with E-state index in [0.29, 0.717) is 24.6 Å². The van der Waals surface area contributed by atoms with Crippen LogP contribution in [0.3, 0.4) is 0 Å². The molecule has 1 saturated heterocycles. The third-order valence-corrected chi connectivity index (χ3v) is 5.35. The highest BCUT2D eigenvalue weighted by Gasteiger charge is 2.42. The van der Waals surface area contributed by atoms with Gasteiger partial charge in [0.05, 0.1) is 18.3 Å². The van der Waals surface area contributed by atoms with Crippen molar-refractivity contribution >= 4 is 10.0 Å². The molecular formula is C12H20N4O3S. The van der Waals surface area contributed by atoms with Crippen LogP contribution in [-0.2, 0) is 21.3 Å². The summed E-state index contributed by atoms with van der Waals surface area (Å²) >= 11 is 0. The molecule has 8 heteroatoms. The van der Waals surface area contributed by atoms with Crippen molar-refractivity contribution in [1.82, 2.24) is 20.2 Å². The van der Waals surface area contributed by atoms with Gasteiger partial charge in [0.15, 0.2) is 5.03 Å². The standard InChI is InChI=1S/C12H20N4O3S/c1-13-6-9-7-14-15-12(9)20(17,18)16-10-4-5-19-11(10)8-2-3-8/h7-8,10-11,13,16H,2-6H2,1H3,(H,14,15). The largest absolute Gasteiger partial charge is 0.376 e. The summed E-state index contributed by atoms with van der Waals surface area (Å²) in [7, 11) is -1.81. The Hall–Kier alpha value is -0.960. The molecule has 0 spiro atoms. The van der Waals surface area contributed by atoms with Crippen molar-refractivity contribution in [2.24, 2.45) is 5.92 Å². The lowest BCUT2D eigenvalue weighted by atomic mass is 10.1. The summed E-state index contributed by atoms with van der Waals surface area (Å²) in [4.78, 5) is 0. The fourth-order valence-electron chi connectivity index (χ4n) is 2.73. The molecule has 112 valence electrons. The first kappa shape index (κ1) is 14.0. The fourth-order valence-corrected chi connectivity index (χ4v) is 4.14. The number of sulfonamides is 1. The Morgan fingerprint density at radius 2 is 2.25 bits per heavy atom. The molecule has 2 unspecified atom stereocenters. The van der Waals surface area contributed by atoms with Gasteiger partial charge in [-0.15, -0.1) is 0 Å². The van der Waals surface area contributed by atoms with Crippen LogP contribution < -0.4 is 10.0 Å². The highest BCUT2D eigenvalue weighted by atomic mass is 32.2. The zero-order valence-corrected chi connectivity index (χ0v) is 12.2. The Kier molecular flexibility index (Phi) is 3.80. The maximum Gasteiger partial charge on any atom is 0.258 e. The maximum absolute atomic E-state index is 12.5. The van der Waals surface area contributed by atoms with E-state index >= 15 is 0 Å². The number of nitrogens with zero attached hydrogens (tertiary/aromatic N) is 1. The zero-order chi connectivity index (χ0) is 14.2. The average molecular weight is 300 g/mol. The minimum Gasteiger partial charge on any atom is -0.376 e. The Morgan fingerprint density at radius 1 is 1.45 bits per heavy atom. The second-order valence-corrected chi connectivity index (χ2v) is 7.09. The molecule has 2 aliphatic rings. The molecule has 1 aliphatic carbocycles. The van der Waals surface area contributed by atoms with Crippen LogP contribution in [0.15, 0.2) is 11.2 Å². The molecule has 2 fully saturated rings. The van der Waals surface area contributed by atoms with E-state index < -0.39 is 10.0 Å². The summed E-state index contributed by atoms with van der Waals surface area (Å²) < 4.78 is 33.4. The van der Waals surface area contributed by atoms with Crippen molar-refractivity contribution in [2.75, 3.05) is 13.7 Å². The summed E-state index contributed by atoms with van der Waals surface area (Å²) in [5.74, 6) is 0.517. The monoisotopic (exact) mass is 300 g/mol. The van der Waals surface area contributed by atoms with E-state index in [1.807, 2.05) is 0 Å². The summed E-state index contributed by atoms with van der Waals surface area (Å²) in [6.45, 7) is 1.08. The van der Waals surface area contributed by atoms with Gasteiger partial charge in [0.2, 0.25) is 0 Å². The number of rotatable bonds is 6. The van der Waals surface area contributed by atoms with E-state index in [9.17, 15) is 8.42 Å². The summed E-state index contributed by atoms with van der Waals surface area (Å²) in [5.41, 5.74) is 0.641. The highest BCUT2D eigenvalue weighted by Crippen LogP contribution is 2.39. The van der Waals surface area contributed by atoms with E-state index in [0.717, 1.165) is 19.3 Å². The Morgan fingerprint density at radius 3 is 2.95 bits per heavy atom. The van der Waals surface area contributed by atoms with Gasteiger partial charge < -0.3 is 10.1 Å². The predicted molar refractivity (Wildman–Crippen MR) is 72.5 cm³/mol. The normalized spacial score (nSPS) is 27.1. The second kappa shape index (κ2) is 5.44. The van der Waals surface area contributed by atoms with Crippen molar-refractivity contribution in [3.63, 3.8) is 0 Å². The van der Waals surface area contributed by atoms with Gasteiger partial charge in [0.1, 0.15) is 0 Å². The molecule has 1 aromatic heterocycles. The van der Waals surface area contributed by atoms with Crippen LogP contribution in [0.4, 0.5) is 0 Å². The van der Waals surface area contributed by atoms with Crippen LogP contribution in [0.1, 0.15) is 24.8 Å². The molecule has 2 atom stereocenters. The molecule has 3 N–H and O–H groups in total. The van der Waals surface area contributed by atoms with Crippen LogP contribution in [0.25, 0.3) is 0 Å². The molecule has 0 bridgehead atoms. The van der Waals surface area contributed by atoms with Crippen molar-refractivity contribution in [3.8, 4) is 0 Å². The van der Waals surface area contributed by atoms with Gasteiger partial charge in [0.25, 0.3) is 10.0 Å². The van der Waals surface area contributed by atoms with Crippen LogP contribution in [0, 0.1) is 5.92 Å². The third kappa shape index (κ3) is 2.73. The van der Waals surface area contributed by atoms with E-state index in [2.05, 4.69) is 20.2 Å². The van der Waals surface area contributed by atoms with Gasteiger partial charge in [-0.25, -0.2) is 13.1 Å². The van der Waals surface area contributed by atoms with Crippen molar-refractivity contribution in [2.45, 2.75) is 43.0 Å². The van der Waals surface area contributed by atoms with Crippen molar-refractivity contribution < 1.29 is 13.2 Å². The smallest absolute Gasteiger partial charge is 0.258 e. The van der Waals surface area contributed by atoms with Crippen molar-refractivity contribution in [1.29, 1.82) is 0 Å². The van der Waals surface area contributed by atoms with Gasteiger partial charge >= 0.3 is 0 Å². The molecule has 1 aromatic rings. The highest BCUT2D eigenvalue weighted by molar-refractivity contribution is 7.89. The second-order valence-electron chi connectivity index (χ2n) is 5.44. The zero-order valence-electron chi connectivity index (χ0n) is 11.4. The molecule has 2 heterocycles. The van der Waals surface area contributed by atoms with E-state index in [1.165, 1.54) is 6.20 Å². The lowest BCUT2D eigenvalue weighted by Crippen LogP contribution is -2.41. The first-order valence-corrected chi connectivity index (χ1v) is 8.41. The van der Waals surface area contributed by atoms with Gasteiger partial charge in [0, 0.05) is 18.7 Å². The molecule has 7 nitrogen and oxygen atoms in total. The van der Waals surface area contributed by atoms with E-state index in [4.69, 9.17) is 4.74 Å². The quantitative estimate of drug-likeness (QED) is 0.686. The SMILES string of the molecule is CNCc1cn[nH]c1S(=O)(=O)NC1CCOC1C1CC1.